The number of hydrogen-bond donors (Lipinski definition) is 1. The van der Waals surface area contributed by atoms with Gasteiger partial charge in [-0.1, -0.05) is 12.1 Å². The van der Waals surface area contributed by atoms with E-state index in [0.717, 1.165) is 11.1 Å². The SMILES string of the molecule is COc1ccc(F)cc1C(C)NCc1ccc(C)c(F)c1. The first-order valence-corrected chi connectivity index (χ1v) is 6.83. The van der Waals surface area contributed by atoms with Crippen LogP contribution in [0.2, 0.25) is 0 Å². The molecule has 112 valence electrons. The smallest absolute Gasteiger partial charge is 0.126 e. The Labute approximate surface area is 123 Å². The highest BCUT2D eigenvalue weighted by Crippen LogP contribution is 2.26. The molecule has 0 amide bonds. The van der Waals surface area contributed by atoms with Gasteiger partial charge < -0.3 is 10.1 Å². The molecule has 0 aliphatic carbocycles. The Balaban J connectivity index is 2.09. The fraction of sp³-hybridized carbons (Fsp3) is 0.294. The van der Waals surface area contributed by atoms with Gasteiger partial charge in [0, 0.05) is 18.2 Å². The van der Waals surface area contributed by atoms with Crippen molar-refractivity contribution >= 4 is 0 Å². The monoisotopic (exact) mass is 291 g/mol. The number of ether oxygens (including phenoxy) is 1. The Kier molecular flexibility index (Phi) is 4.91. The molecular formula is C17H19F2NO. The summed E-state index contributed by atoms with van der Waals surface area (Å²) in [4.78, 5) is 0. The van der Waals surface area contributed by atoms with Crippen LogP contribution >= 0.6 is 0 Å². The van der Waals surface area contributed by atoms with Crippen molar-refractivity contribution in [3.05, 3.63) is 64.7 Å². The minimum Gasteiger partial charge on any atom is -0.496 e. The van der Waals surface area contributed by atoms with Crippen LogP contribution in [-0.4, -0.2) is 7.11 Å². The van der Waals surface area contributed by atoms with Crippen LogP contribution in [0.15, 0.2) is 36.4 Å². The lowest BCUT2D eigenvalue weighted by atomic mass is 10.1. The fourth-order valence-corrected chi connectivity index (χ4v) is 2.17. The van der Waals surface area contributed by atoms with Crippen molar-refractivity contribution in [3.8, 4) is 5.75 Å². The molecule has 0 saturated heterocycles. The van der Waals surface area contributed by atoms with Crippen molar-refractivity contribution in [2.75, 3.05) is 7.11 Å². The van der Waals surface area contributed by atoms with Crippen LogP contribution in [-0.2, 0) is 6.54 Å². The Bertz CT molecular complexity index is 628. The molecule has 0 fully saturated rings. The molecule has 0 radical (unpaired) electrons. The quantitative estimate of drug-likeness (QED) is 0.894. The predicted octanol–water partition coefficient (Wildman–Crippen LogP) is 4.13. The number of nitrogens with one attached hydrogen (secondary N) is 1. The maximum atomic E-state index is 13.5. The topological polar surface area (TPSA) is 21.3 Å². The molecule has 0 heterocycles. The molecule has 1 unspecified atom stereocenters. The minimum atomic E-state index is -0.305. The lowest BCUT2D eigenvalue weighted by Crippen LogP contribution is -2.19. The van der Waals surface area contributed by atoms with Gasteiger partial charge in [-0.15, -0.1) is 0 Å². The predicted molar refractivity (Wildman–Crippen MR) is 79.3 cm³/mol. The first-order valence-electron chi connectivity index (χ1n) is 6.83. The van der Waals surface area contributed by atoms with E-state index in [4.69, 9.17) is 4.74 Å². The third kappa shape index (κ3) is 3.79. The molecule has 4 heteroatoms. The second kappa shape index (κ2) is 6.68. The second-order valence-corrected chi connectivity index (χ2v) is 5.07. The summed E-state index contributed by atoms with van der Waals surface area (Å²) in [7, 11) is 1.55. The highest BCUT2D eigenvalue weighted by atomic mass is 19.1. The molecule has 2 nitrogen and oxygen atoms in total. The van der Waals surface area contributed by atoms with Crippen LogP contribution in [0.25, 0.3) is 0 Å². The van der Waals surface area contributed by atoms with E-state index < -0.39 is 0 Å². The van der Waals surface area contributed by atoms with E-state index in [9.17, 15) is 8.78 Å². The summed E-state index contributed by atoms with van der Waals surface area (Å²) >= 11 is 0. The van der Waals surface area contributed by atoms with Crippen LogP contribution < -0.4 is 10.1 Å². The van der Waals surface area contributed by atoms with Crippen molar-refractivity contribution in [1.82, 2.24) is 5.32 Å². The summed E-state index contributed by atoms with van der Waals surface area (Å²) < 4.78 is 32.1. The van der Waals surface area contributed by atoms with Crippen molar-refractivity contribution < 1.29 is 13.5 Å². The summed E-state index contributed by atoms with van der Waals surface area (Å²) in [5, 5.41) is 3.25. The normalized spacial score (nSPS) is 12.2. The Hall–Kier alpha value is -1.94. The number of benzene rings is 2. The van der Waals surface area contributed by atoms with E-state index in [1.807, 2.05) is 13.0 Å². The van der Waals surface area contributed by atoms with Crippen molar-refractivity contribution in [3.63, 3.8) is 0 Å². The van der Waals surface area contributed by atoms with Gasteiger partial charge in [0.2, 0.25) is 0 Å². The van der Waals surface area contributed by atoms with Crippen molar-refractivity contribution in [1.29, 1.82) is 0 Å². The molecule has 0 spiro atoms. The highest BCUT2D eigenvalue weighted by Gasteiger charge is 2.12. The average Bonchev–Trinajstić information content (AvgIpc) is 2.48. The Morgan fingerprint density at radius 2 is 1.90 bits per heavy atom. The van der Waals surface area contributed by atoms with E-state index in [1.54, 1.807) is 26.2 Å². The summed E-state index contributed by atoms with van der Waals surface area (Å²) in [6.45, 7) is 4.15. The van der Waals surface area contributed by atoms with Crippen LogP contribution in [0.4, 0.5) is 8.78 Å². The Morgan fingerprint density at radius 1 is 1.14 bits per heavy atom. The molecule has 0 bridgehead atoms. The molecule has 0 aliphatic rings. The van der Waals surface area contributed by atoms with Gasteiger partial charge in [-0.05, 0) is 49.2 Å². The van der Waals surface area contributed by atoms with Crippen molar-refractivity contribution in [2.24, 2.45) is 0 Å². The molecule has 2 aromatic rings. The van der Waals surface area contributed by atoms with E-state index >= 15 is 0 Å². The van der Waals surface area contributed by atoms with Gasteiger partial charge in [0.15, 0.2) is 0 Å². The van der Waals surface area contributed by atoms with Gasteiger partial charge in [0.25, 0.3) is 0 Å². The second-order valence-electron chi connectivity index (χ2n) is 5.07. The fourth-order valence-electron chi connectivity index (χ4n) is 2.17. The molecular weight excluding hydrogens is 272 g/mol. The number of rotatable bonds is 5. The average molecular weight is 291 g/mol. The zero-order valence-corrected chi connectivity index (χ0v) is 12.4. The van der Waals surface area contributed by atoms with Gasteiger partial charge in [0.05, 0.1) is 7.11 Å². The number of halogens is 2. The molecule has 0 aliphatic heterocycles. The van der Waals surface area contributed by atoms with Crippen LogP contribution in [0.3, 0.4) is 0 Å². The summed E-state index contributed by atoms with van der Waals surface area (Å²) in [5.74, 6) is 0.109. The minimum absolute atomic E-state index is 0.111. The van der Waals surface area contributed by atoms with Gasteiger partial charge in [-0.2, -0.15) is 0 Å². The highest BCUT2D eigenvalue weighted by molar-refractivity contribution is 5.36. The molecule has 2 rings (SSSR count). The molecule has 1 N–H and O–H groups in total. The van der Waals surface area contributed by atoms with Gasteiger partial charge in [-0.25, -0.2) is 8.78 Å². The zero-order valence-electron chi connectivity index (χ0n) is 12.4. The van der Waals surface area contributed by atoms with Crippen molar-refractivity contribution in [2.45, 2.75) is 26.4 Å². The summed E-state index contributed by atoms with van der Waals surface area (Å²) in [6, 6.07) is 9.45. The molecule has 0 saturated carbocycles. The lowest BCUT2D eigenvalue weighted by Gasteiger charge is -2.17. The first kappa shape index (κ1) is 15.4. The van der Waals surface area contributed by atoms with Crippen LogP contribution in [0, 0.1) is 18.6 Å². The maximum absolute atomic E-state index is 13.5. The Morgan fingerprint density at radius 3 is 2.57 bits per heavy atom. The number of aryl methyl sites for hydroxylation is 1. The molecule has 1 atom stereocenters. The van der Waals surface area contributed by atoms with E-state index in [0.29, 0.717) is 17.9 Å². The third-order valence-corrected chi connectivity index (χ3v) is 3.51. The lowest BCUT2D eigenvalue weighted by molar-refractivity contribution is 0.399. The third-order valence-electron chi connectivity index (χ3n) is 3.51. The van der Waals surface area contributed by atoms with Crippen LogP contribution in [0.5, 0.6) is 5.75 Å². The van der Waals surface area contributed by atoms with E-state index in [2.05, 4.69) is 5.32 Å². The van der Waals surface area contributed by atoms with Gasteiger partial charge in [-0.3, -0.25) is 0 Å². The summed E-state index contributed by atoms with van der Waals surface area (Å²) in [5.41, 5.74) is 2.21. The van der Waals surface area contributed by atoms with Gasteiger partial charge in [0.1, 0.15) is 17.4 Å². The molecule has 2 aromatic carbocycles. The van der Waals surface area contributed by atoms with Gasteiger partial charge >= 0.3 is 0 Å². The maximum Gasteiger partial charge on any atom is 0.126 e. The molecule has 0 aromatic heterocycles. The molecule has 21 heavy (non-hydrogen) atoms. The largest absolute Gasteiger partial charge is 0.496 e. The zero-order chi connectivity index (χ0) is 15.4. The number of methoxy groups -OCH3 is 1. The van der Waals surface area contributed by atoms with E-state index in [-0.39, 0.29) is 17.7 Å². The summed E-state index contributed by atoms with van der Waals surface area (Å²) in [6.07, 6.45) is 0. The number of hydrogen-bond acceptors (Lipinski definition) is 2. The first-order chi connectivity index (χ1) is 10.0. The van der Waals surface area contributed by atoms with E-state index in [1.165, 1.54) is 18.2 Å². The standard InChI is InChI=1S/C17H19F2NO/c1-11-4-5-13(8-16(11)19)10-20-12(2)15-9-14(18)6-7-17(15)21-3/h4-9,12,20H,10H2,1-3H3. The van der Waals surface area contributed by atoms with Crippen LogP contribution in [0.1, 0.15) is 29.7 Å².